The first-order chi connectivity index (χ1) is 8.81. The van der Waals surface area contributed by atoms with Crippen molar-refractivity contribution >= 4 is 17.4 Å². The van der Waals surface area contributed by atoms with Crippen molar-refractivity contribution in [1.29, 1.82) is 0 Å². The largest absolute Gasteiger partial charge is 0.303 e. The molecule has 1 aliphatic heterocycles. The lowest BCUT2D eigenvalue weighted by atomic mass is 9.90. The van der Waals surface area contributed by atoms with Crippen LogP contribution in [-0.2, 0) is 0 Å². The molecule has 1 aliphatic rings. The molecule has 0 atom stereocenters. The van der Waals surface area contributed by atoms with E-state index in [9.17, 15) is 4.79 Å². The van der Waals surface area contributed by atoms with Gasteiger partial charge in [-0.1, -0.05) is 6.07 Å². The molecule has 0 spiro atoms. The molecule has 0 saturated carbocycles. The van der Waals surface area contributed by atoms with E-state index in [1.54, 1.807) is 6.20 Å². The number of carbonyl (C=O) groups excluding carboxylic acids is 1. The van der Waals surface area contributed by atoms with E-state index in [0.29, 0.717) is 11.6 Å². The first-order valence-corrected chi connectivity index (χ1v) is 7.08. The van der Waals surface area contributed by atoms with Gasteiger partial charge in [-0.15, -0.1) is 11.6 Å². The van der Waals surface area contributed by atoms with Crippen LogP contribution in [0.2, 0.25) is 0 Å². The second kappa shape index (κ2) is 6.86. The van der Waals surface area contributed by atoms with E-state index in [1.165, 1.54) is 0 Å². The van der Waals surface area contributed by atoms with Crippen molar-refractivity contribution in [3.05, 3.63) is 30.1 Å². The van der Waals surface area contributed by atoms with Crippen molar-refractivity contribution in [2.24, 2.45) is 5.92 Å². The van der Waals surface area contributed by atoms with Crippen LogP contribution in [0.25, 0.3) is 0 Å². The minimum Gasteiger partial charge on any atom is -0.303 e. The first-order valence-electron chi connectivity index (χ1n) is 6.55. The zero-order chi connectivity index (χ0) is 12.8. The third-order valence-corrected chi connectivity index (χ3v) is 3.75. The first kappa shape index (κ1) is 13.5. The second-order valence-corrected chi connectivity index (χ2v) is 5.12. The number of aromatic nitrogens is 1. The molecule has 2 rings (SSSR count). The van der Waals surface area contributed by atoms with Gasteiger partial charge in [-0.05, 0) is 51.0 Å². The maximum absolute atomic E-state index is 12.2. The average Bonchev–Trinajstić information content (AvgIpc) is 2.46. The summed E-state index contributed by atoms with van der Waals surface area (Å²) in [6, 6.07) is 5.52. The van der Waals surface area contributed by atoms with E-state index >= 15 is 0 Å². The van der Waals surface area contributed by atoms with E-state index in [1.807, 2.05) is 18.2 Å². The molecule has 0 amide bonds. The number of nitrogens with zero attached hydrogens (tertiary/aromatic N) is 2. The van der Waals surface area contributed by atoms with Gasteiger partial charge in [-0.25, -0.2) is 0 Å². The van der Waals surface area contributed by atoms with E-state index in [-0.39, 0.29) is 11.7 Å². The molecule has 18 heavy (non-hydrogen) atoms. The van der Waals surface area contributed by atoms with E-state index in [0.717, 1.165) is 38.9 Å². The van der Waals surface area contributed by atoms with Gasteiger partial charge in [-0.3, -0.25) is 9.78 Å². The summed E-state index contributed by atoms with van der Waals surface area (Å²) in [6.45, 7) is 3.05. The number of Topliss-reactive ketones (excluding diaryl/α,β-unsaturated/α-hetero) is 1. The van der Waals surface area contributed by atoms with Crippen LogP contribution in [0.1, 0.15) is 29.8 Å². The minimum atomic E-state index is 0.146. The molecule has 1 saturated heterocycles. The molecule has 3 nitrogen and oxygen atoms in total. The summed E-state index contributed by atoms with van der Waals surface area (Å²) in [7, 11) is 0. The van der Waals surface area contributed by atoms with Crippen LogP contribution in [0.5, 0.6) is 0 Å². The van der Waals surface area contributed by atoms with Crippen molar-refractivity contribution in [3.8, 4) is 0 Å². The zero-order valence-electron chi connectivity index (χ0n) is 10.5. The molecule has 4 heteroatoms. The van der Waals surface area contributed by atoms with Gasteiger partial charge in [0.05, 0.1) is 0 Å². The predicted molar refractivity (Wildman–Crippen MR) is 73.1 cm³/mol. The maximum Gasteiger partial charge on any atom is 0.184 e. The normalized spacial score (nSPS) is 17.8. The molecule has 0 aromatic carbocycles. The van der Waals surface area contributed by atoms with E-state index in [2.05, 4.69) is 9.88 Å². The number of pyridine rings is 1. The van der Waals surface area contributed by atoms with Gasteiger partial charge in [0.1, 0.15) is 5.69 Å². The highest BCUT2D eigenvalue weighted by atomic mass is 35.5. The molecule has 2 heterocycles. The summed E-state index contributed by atoms with van der Waals surface area (Å²) in [6.07, 6.45) is 4.60. The number of rotatable bonds is 5. The Bertz CT molecular complexity index is 375. The van der Waals surface area contributed by atoms with Gasteiger partial charge in [0.2, 0.25) is 0 Å². The molecule has 0 bridgehead atoms. The summed E-state index contributed by atoms with van der Waals surface area (Å²) in [5, 5.41) is 0. The number of piperidine rings is 1. The van der Waals surface area contributed by atoms with Gasteiger partial charge < -0.3 is 4.90 Å². The molecular weight excluding hydrogens is 248 g/mol. The van der Waals surface area contributed by atoms with Crippen molar-refractivity contribution < 1.29 is 4.79 Å². The Kier molecular flexibility index (Phi) is 5.14. The topological polar surface area (TPSA) is 33.2 Å². The highest BCUT2D eigenvalue weighted by Gasteiger charge is 2.25. The summed E-state index contributed by atoms with van der Waals surface area (Å²) < 4.78 is 0. The van der Waals surface area contributed by atoms with Crippen LogP contribution in [0, 0.1) is 5.92 Å². The number of hydrogen-bond acceptors (Lipinski definition) is 3. The number of ketones is 1. The summed E-state index contributed by atoms with van der Waals surface area (Å²) in [5.41, 5.74) is 0.608. The summed E-state index contributed by atoms with van der Waals surface area (Å²) >= 11 is 5.69. The molecular formula is C14H19ClN2O. The SMILES string of the molecule is O=C(c1ccccn1)C1CCN(CCCCl)CC1. The number of carbonyl (C=O) groups is 1. The Labute approximate surface area is 113 Å². The molecule has 1 aromatic heterocycles. The molecule has 0 aliphatic carbocycles. The Hall–Kier alpha value is -0.930. The number of likely N-dealkylation sites (tertiary alicyclic amines) is 1. The molecule has 1 aromatic rings. The Morgan fingerprint density at radius 2 is 2.17 bits per heavy atom. The second-order valence-electron chi connectivity index (χ2n) is 4.74. The molecule has 98 valence electrons. The molecule has 0 unspecified atom stereocenters. The molecule has 0 radical (unpaired) electrons. The van der Waals surface area contributed by atoms with Gasteiger partial charge in [0.25, 0.3) is 0 Å². The lowest BCUT2D eigenvalue weighted by molar-refractivity contribution is 0.0835. The highest BCUT2D eigenvalue weighted by molar-refractivity contribution is 6.17. The Balaban J connectivity index is 1.84. The van der Waals surface area contributed by atoms with Gasteiger partial charge >= 0.3 is 0 Å². The van der Waals surface area contributed by atoms with Crippen LogP contribution in [0.3, 0.4) is 0 Å². The summed E-state index contributed by atoms with van der Waals surface area (Å²) in [5.74, 6) is 1.06. The Morgan fingerprint density at radius 3 is 2.78 bits per heavy atom. The standard InChI is InChI=1S/C14H19ClN2O/c15-7-3-9-17-10-5-12(6-11-17)14(18)13-4-1-2-8-16-13/h1-2,4,8,12H,3,5-7,9-11H2. The predicted octanol–water partition coefficient (Wildman–Crippen LogP) is 2.61. The van der Waals surface area contributed by atoms with Gasteiger partial charge in [0, 0.05) is 18.0 Å². The smallest absolute Gasteiger partial charge is 0.184 e. The number of halogens is 1. The van der Waals surface area contributed by atoms with Gasteiger partial charge in [0.15, 0.2) is 5.78 Å². The molecule has 1 fully saturated rings. The van der Waals surface area contributed by atoms with Crippen LogP contribution in [-0.4, -0.2) is 41.2 Å². The fourth-order valence-corrected chi connectivity index (χ4v) is 2.54. The van der Waals surface area contributed by atoms with Crippen LogP contribution >= 0.6 is 11.6 Å². The summed E-state index contributed by atoms with van der Waals surface area (Å²) in [4.78, 5) is 18.8. The number of hydrogen-bond donors (Lipinski definition) is 0. The fraction of sp³-hybridized carbons (Fsp3) is 0.571. The Morgan fingerprint density at radius 1 is 1.39 bits per heavy atom. The quantitative estimate of drug-likeness (QED) is 0.607. The third-order valence-electron chi connectivity index (χ3n) is 3.48. The fourth-order valence-electron chi connectivity index (χ4n) is 2.42. The third kappa shape index (κ3) is 3.53. The van der Waals surface area contributed by atoms with Crippen molar-refractivity contribution in [1.82, 2.24) is 9.88 Å². The van der Waals surface area contributed by atoms with Crippen LogP contribution < -0.4 is 0 Å². The maximum atomic E-state index is 12.2. The van der Waals surface area contributed by atoms with Gasteiger partial charge in [-0.2, -0.15) is 0 Å². The van der Waals surface area contributed by atoms with Crippen LogP contribution in [0.15, 0.2) is 24.4 Å². The van der Waals surface area contributed by atoms with Crippen molar-refractivity contribution in [3.63, 3.8) is 0 Å². The lowest BCUT2D eigenvalue weighted by Gasteiger charge is -2.30. The lowest BCUT2D eigenvalue weighted by Crippen LogP contribution is -2.37. The highest BCUT2D eigenvalue weighted by Crippen LogP contribution is 2.21. The van der Waals surface area contributed by atoms with Crippen molar-refractivity contribution in [2.45, 2.75) is 19.3 Å². The molecule has 0 N–H and O–H groups in total. The van der Waals surface area contributed by atoms with E-state index < -0.39 is 0 Å². The van der Waals surface area contributed by atoms with Crippen molar-refractivity contribution in [2.75, 3.05) is 25.5 Å². The van der Waals surface area contributed by atoms with E-state index in [4.69, 9.17) is 11.6 Å². The zero-order valence-corrected chi connectivity index (χ0v) is 11.3. The van der Waals surface area contributed by atoms with Crippen LogP contribution in [0.4, 0.5) is 0 Å². The minimum absolute atomic E-state index is 0.146. The number of alkyl halides is 1. The monoisotopic (exact) mass is 266 g/mol. The average molecular weight is 267 g/mol.